The van der Waals surface area contributed by atoms with E-state index in [-0.39, 0.29) is 11.8 Å². The highest BCUT2D eigenvalue weighted by molar-refractivity contribution is 6.07. The van der Waals surface area contributed by atoms with Crippen molar-refractivity contribution in [3.05, 3.63) is 35.9 Å². The van der Waals surface area contributed by atoms with Crippen LogP contribution in [0.4, 0.5) is 4.79 Å². The zero-order valence-corrected chi connectivity index (χ0v) is 12.0. The molecule has 6 heteroatoms. The van der Waals surface area contributed by atoms with Crippen LogP contribution < -0.4 is 10.6 Å². The first-order valence-electron chi connectivity index (χ1n) is 7.43. The number of urea groups is 1. The highest BCUT2D eigenvalue weighted by Crippen LogP contribution is 2.49. The number of carbonyl (C=O) groups is 3. The van der Waals surface area contributed by atoms with Crippen molar-refractivity contribution in [1.82, 2.24) is 10.6 Å². The molecule has 3 rings (SSSR count). The minimum atomic E-state index is -1.06. The average Bonchev–Trinajstić information content (AvgIpc) is 3.23. The van der Waals surface area contributed by atoms with Crippen LogP contribution in [0.5, 0.6) is 0 Å². The Bertz CT molecular complexity index is 616. The van der Waals surface area contributed by atoms with Crippen LogP contribution in [0.1, 0.15) is 24.8 Å². The van der Waals surface area contributed by atoms with Crippen LogP contribution in [0.2, 0.25) is 0 Å². The first kappa shape index (κ1) is 14.6. The smallest absolute Gasteiger partial charge is 0.322 e. The van der Waals surface area contributed by atoms with Crippen molar-refractivity contribution < 1.29 is 19.5 Å². The Kier molecular flexibility index (Phi) is 3.60. The minimum Gasteiger partial charge on any atom is -0.481 e. The predicted molar refractivity (Wildman–Crippen MR) is 78.0 cm³/mol. The monoisotopic (exact) mass is 302 g/mol. The lowest BCUT2D eigenvalue weighted by Crippen LogP contribution is -2.50. The summed E-state index contributed by atoms with van der Waals surface area (Å²) in [6.07, 6.45) is 2.39. The molecule has 2 fully saturated rings. The van der Waals surface area contributed by atoms with Crippen molar-refractivity contribution in [3.63, 3.8) is 0 Å². The van der Waals surface area contributed by atoms with Crippen LogP contribution in [0.3, 0.4) is 0 Å². The van der Waals surface area contributed by atoms with Gasteiger partial charge in [-0.2, -0.15) is 0 Å². The number of amides is 3. The third-order valence-corrected chi connectivity index (χ3v) is 4.59. The van der Waals surface area contributed by atoms with Crippen molar-refractivity contribution >= 4 is 17.9 Å². The molecule has 1 aliphatic carbocycles. The van der Waals surface area contributed by atoms with E-state index in [9.17, 15) is 14.4 Å². The lowest BCUT2D eigenvalue weighted by atomic mass is 9.85. The number of imide groups is 1. The SMILES string of the molecule is O=C1NC(=O)C(CCCc2ccccc2)([C@H]2C[C@@H]2C(=O)O)N1. The van der Waals surface area contributed by atoms with Gasteiger partial charge in [0.15, 0.2) is 0 Å². The van der Waals surface area contributed by atoms with Gasteiger partial charge in [-0.05, 0) is 31.2 Å². The van der Waals surface area contributed by atoms with Crippen LogP contribution >= 0.6 is 0 Å². The van der Waals surface area contributed by atoms with E-state index in [4.69, 9.17) is 5.11 Å². The Labute approximate surface area is 127 Å². The van der Waals surface area contributed by atoms with E-state index in [1.54, 1.807) is 0 Å². The molecule has 6 nitrogen and oxygen atoms in total. The highest BCUT2D eigenvalue weighted by Gasteiger charge is 2.62. The second-order valence-electron chi connectivity index (χ2n) is 6.01. The number of hydrogen-bond donors (Lipinski definition) is 3. The van der Waals surface area contributed by atoms with E-state index in [0.717, 1.165) is 12.0 Å². The first-order chi connectivity index (χ1) is 10.5. The molecule has 1 saturated carbocycles. The molecule has 1 aromatic rings. The first-order valence-corrected chi connectivity index (χ1v) is 7.43. The van der Waals surface area contributed by atoms with Crippen molar-refractivity contribution in [2.45, 2.75) is 31.2 Å². The summed E-state index contributed by atoms with van der Waals surface area (Å²) in [5, 5.41) is 14.1. The summed E-state index contributed by atoms with van der Waals surface area (Å²) in [6, 6.07) is 9.35. The maximum atomic E-state index is 12.2. The molecule has 2 aliphatic rings. The van der Waals surface area contributed by atoms with Crippen molar-refractivity contribution in [3.8, 4) is 0 Å². The number of carbonyl (C=O) groups excluding carboxylic acids is 2. The number of benzene rings is 1. The van der Waals surface area contributed by atoms with Gasteiger partial charge in [-0.25, -0.2) is 4.79 Å². The zero-order chi connectivity index (χ0) is 15.7. The Balaban J connectivity index is 1.69. The number of hydrogen-bond acceptors (Lipinski definition) is 3. The topological polar surface area (TPSA) is 95.5 Å². The zero-order valence-electron chi connectivity index (χ0n) is 12.0. The molecule has 0 aromatic heterocycles. The quantitative estimate of drug-likeness (QED) is 0.690. The molecule has 3 atom stereocenters. The standard InChI is InChI=1S/C16H18N2O4/c19-13(20)11-9-12(11)16(14(21)17-15(22)18-16)8-4-7-10-5-2-1-3-6-10/h1-3,5-6,11-12H,4,7-9H2,(H,19,20)(H2,17,18,21,22)/t11-,12-,16?/m0/s1. The van der Waals surface area contributed by atoms with Crippen LogP contribution in [0.15, 0.2) is 30.3 Å². The summed E-state index contributed by atoms with van der Waals surface area (Å²) < 4.78 is 0. The maximum absolute atomic E-state index is 12.2. The number of nitrogens with one attached hydrogen (secondary N) is 2. The summed E-state index contributed by atoms with van der Waals surface area (Å²) in [5.74, 6) is -2.14. The molecular weight excluding hydrogens is 284 g/mol. The van der Waals surface area contributed by atoms with Gasteiger partial charge in [-0.15, -0.1) is 0 Å². The van der Waals surface area contributed by atoms with Gasteiger partial charge >= 0.3 is 12.0 Å². The lowest BCUT2D eigenvalue weighted by Gasteiger charge is -2.26. The molecule has 22 heavy (non-hydrogen) atoms. The maximum Gasteiger partial charge on any atom is 0.322 e. The Hall–Kier alpha value is -2.37. The van der Waals surface area contributed by atoms with Gasteiger partial charge in [-0.3, -0.25) is 14.9 Å². The Morgan fingerprint density at radius 3 is 2.55 bits per heavy atom. The number of rotatable bonds is 6. The van der Waals surface area contributed by atoms with E-state index >= 15 is 0 Å². The van der Waals surface area contributed by atoms with Crippen molar-refractivity contribution in [1.29, 1.82) is 0 Å². The highest BCUT2D eigenvalue weighted by atomic mass is 16.4. The molecule has 0 spiro atoms. The lowest BCUT2D eigenvalue weighted by molar-refractivity contribution is -0.139. The summed E-state index contributed by atoms with van der Waals surface area (Å²) in [7, 11) is 0. The molecule has 0 bridgehead atoms. The Morgan fingerprint density at radius 1 is 1.27 bits per heavy atom. The summed E-state index contributed by atoms with van der Waals surface area (Å²) in [4.78, 5) is 34.8. The van der Waals surface area contributed by atoms with Gasteiger partial charge in [-0.1, -0.05) is 30.3 Å². The number of aliphatic carboxylic acids is 1. The van der Waals surface area contributed by atoms with Gasteiger partial charge in [0.1, 0.15) is 5.54 Å². The average molecular weight is 302 g/mol. The summed E-state index contributed by atoms with van der Waals surface area (Å²) in [5.41, 5.74) is 0.0996. The number of carboxylic acids is 1. The van der Waals surface area contributed by atoms with Gasteiger partial charge in [0.05, 0.1) is 5.92 Å². The molecule has 1 unspecified atom stereocenters. The normalized spacial score (nSPS) is 29.8. The fourth-order valence-corrected chi connectivity index (χ4v) is 3.36. The number of aryl methyl sites for hydroxylation is 1. The molecule has 0 radical (unpaired) electrons. The van der Waals surface area contributed by atoms with E-state index in [0.29, 0.717) is 19.3 Å². The third kappa shape index (κ3) is 2.56. The molecule has 3 amide bonds. The van der Waals surface area contributed by atoms with Crippen LogP contribution in [0.25, 0.3) is 0 Å². The Morgan fingerprint density at radius 2 is 2.00 bits per heavy atom. The van der Waals surface area contributed by atoms with Crippen LogP contribution in [-0.4, -0.2) is 28.6 Å². The fraction of sp³-hybridized carbons (Fsp3) is 0.438. The minimum absolute atomic E-state index is 0.313. The molecule has 3 N–H and O–H groups in total. The van der Waals surface area contributed by atoms with Crippen LogP contribution in [-0.2, 0) is 16.0 Å². The molecule has 1 aliphatic heterocycles. The molecule has 1 saturated heterocycles. The van der Waals surface area contributed by atoms with E-state index in [2.05, 4.69) is 10.6 Å². The van der Waals surface area contributed by atoms with Crippen molar-refractivity contribution in [2.24, 2.45) is 11.8 Å². The molecule has 1 heterocycles. The van der Waals surface area contributed by atoms with Crippen LogP contribution in [0, 0.1) is 11.8 Å². The second-order valence-corrected chi connectivity index (χ2v) is 6.01. The number of carboxylic acid groups (broad SMARTS) is 1. The summed E-state index contributed by atoms with van der Waals surface area (Å²) in [6.45, 7) is 0. The van der Waals surface area contributed by atoms with Gasteiger partial charge in [0, 0.05) is 5.92 Å². The fourth-order valence-electron chi connectivity index (χ4n) is 3.36. The van der Waals surface area contributed by atoms with Gasteiger partial charge in [0.25, 0.3) is 5.91 Å². The van der Waals surface area contributed by atoms with E-state index < -0.39 is 23.5 Å². The second kappa shape index (κ2) is 5.44. The largest absolute Gasteiger partial charge is 0.481 e. The van der Waals surface area contributed by atoms with E-state index in [1.807, 2.05) is 30.3 Å². The van der Waals surface area contributed by atoms with Gasteiger partial charge in [0.2, 0.25) is 0 Å². The third-order valence-electron chi connectivity index (χ3n) is 4.59. The molecular formula is C16H18N2O4. The molecule has 116 valence electrons. The van der Waals surface area contributed by atoms with Crippen molar-refractivity contribution in [2.75, 3.05) is 0 Å². The summed E-state index contributed by atoms with van der Waals surface area (Å²) >= 11 is 0. The van der Waals surface area contributed by atoms with Gasteiger partial charge < -0.3 is 10.4 Å². The van der Waals surface area contributed by atoms with E-state index in [1.165, 1.54) is 0 Å². The molecule has 1 aromatic carbocycles. The predicted octanol–water partition coefficient (Wildman–Crippen LogP) is 1.31.